The third-order valence-electron chi connectivity index (χ3n) is 2.35. The van der Waals surface area contributed by atoms with Crippen LogP contribution in [0.25, 0.3) is 0 Å². The average molecular weight is 240 g/mol. The van der Waals surface area contributed by atoms with Crippen molar-refractivity contribution in [3.8, 4) is 0 Å². The van der Waals surface area contributed by atoms with Crippen LogP contribution in [0.1, 0.15) is 32.3 Å². The van der Waals surface area contributed by atoms with E-state index < -0.39 is 0 Å². The second-order valence-corrected chi connectivity index (χ2v) is 4.77. The molecular formula is C13H18ClNO. The molecule has 0 saturated heterocycles. The van der Waals surface area contributed by atoms with Crippen molar-refractivity contribution in [3.63, 3.8) is 0 Å². The highest BCUT2D eigenvalue weighted by Crippen LogP contribution is 2.09. The zero-order valence-corrected chi connectivity index (χ0v) is 10.6. The van der Waals surface area contributed by atoms with Crippen molar-refractivity contribution in [2.45, 2.75) is 33.2 Å². The van der Waals surface area contributed by atoms with Crippen LogP contribution in [0.3, 0.4) is 0 Å². The normalized spacial score (nSPS) is 10.5. The number of hydrogen-bond acceptors (Lipinski definition) is 1. The summed E-state index contributed by atoms with van der Waals surface area (Å²) in [5.74, 6) is 0.685. The molecule has 3 heteroatoms. The summed E-state index contributed by atoms with van der Waals surface area (Å²) in [6, 6.07) is 7.50. The first kappa shape index (κ1) is 13.0. The van der Waals surface area contributed by atoms with Gasteiger partial charge in [-0.1, -0.05) is 37.6 Å². The molecule has 0 unspecified atom stereocenters. The second kappa shape index (κ2) is 6.54. The van der Waals surface area contributed by atoms with Crippen molar-refractivity contribution in [2.75, 3.05) is 0 Å². The zero-order valence-electron chi connectivity index (χ0n) is 9.79. The van der Waals surface area contributed by atoms with Crippen LogP contribution in [0.2, 0.25) is 5.02 Å². The van der Waals surface area contributed by atoms with Gasteiger partial charge in [-0.3, -0.25) is 4.79 Å². The van der Waals surface area contributed by atoms with E-state index in [1.54, 1.807) is 0 Å². The summed E-state index contributed by atoms with van der Waals surface area (Å²) < 4.78 is 0. The molecule has 0 saturated carbocycles. The fourth-order valence-corrected chi connectivity index (χ4v) is 1.44. The predicted octanol–water partition coefficient (Wildman–Crippen LogP) is 3.39. The Kier molecular flexibility index (Phi) is 5.33. The van der Waals surface area contributed by atoms with Crippen molar-refractivity contribution in [1.29, 1.82) is 0 Å². The minimum atomic E-state index is 0.114. The molecule has 0 aliphatic heterocycles. The molecule has 0 spiro atoms. The van der Waals surface area contributed by atoms with Gasteiger partial charge in [0.2, 0.25) is 5.91 Å². The fourth-order valence-electron chi connectivity index (χ4n) is 1.31. The van der Waals surface area contributed by atoms with Gasteiger partial charge in [-0.25, -0.2) is 0 Å². The number of halogens is 1. The number of carbonyl (C=O) groups is 1. The smallest absolute Gasteiger partial charge is 0.220 e. The van der Waals surface area contributed by atoms with Crippen molar-refractivity contribution in [2.24, 2.45) is 5.92 Å². The molecule has 1 amide bonds. The summed E-state index contributed by atoms with van der Waals surface area (Å²) in [5.41, 5.74) is 1.07. The highest BCUT2D eigenvalue weighted by atomic mass is 35.5. The van der Waals surface area contributed by atoms with E-state index >= 15 is 0 Å². The Bertz CT molecular complexity index is 332. The molecule has 0 heterocycles. The summed E-state index contributed by atoms with van der Waals surface area (Å²) in [4.78, 5) is 11.5. The van der Waals surface area contributed by atoms with Crippen LogP contribution in [0.4, 0.5) is 0 Å². The molecule has 0 aliphatic carbocycles. The third-order valence-corrected chi connectivity index (χ3v) is 2.60. The molecule has 0 aliphatic rings. The van der Waals surface area contributed by atoms with Gasteiger partial charge in [-0.15, -0.1) is 0 Å². The van der Waals surface area contributed by atoms with Gasteiger partial charge in [0.05, 0.1) is 0 Å². The Morgan fingerprint density at radius 3 is 2.50 bits per heavy atom. The van der Waals surface area contributed by atoms with Crippen molar-refractivity contribution in [3.05, 3.63) is 34.9 Å². The first-order valence-corrected chi connectivity index (χ1v) is 5.97. The van der Waals surface area contributed by atoms with E-state index in [1.165, 1.54) is 0 Å². The Hall–Kier alpha value is -1.02. The third kappa shape index (κ3) is 5.17. The highest BCUT2D eigenvalue weighted by molar-refractivity contribution is 6.30. The fraction of sp³-hybridized carbons (Fsp3) is 0.462. The van der Waals surface area contributed by atoms with E-state index in [-0.39, 0.29) is 5.91 Å². The van der Waals surface area contributed by atoms with E-state index in [0.717, 1.165) is 17.0 Å². The van der Waals surface area contributed by atoms with E-state index in [2.05, 4.69) is 19.2 Å². The van der Waals surface area contributed by atoms with Gasteiger partial charge in [-0.2, -0.15) is 0 Å². The lowest BCUT2D eigenvalue weighted by molar-refractivity contribution is -0.121. The number of nitrogens with one attached hydrogen (secondary N) is 1. The Morgan fingerprint density at radius 1 is 1.31 bits per heavy atom. The minimum absolute atomic E-state index is 0.114. The molecule has 1 aromatic carbocycles. The monoisotopic (exact) mass is 239 g/mol. The molecule has 0 aromatic heterocycles. The average Bonchev–Trinajstić information content (AvgIpc) is 2.25. The molecule has 2 nitrogen and oxygen atoms in total. The second-order valence-electron chi connectivity index (χ2n) is 4.34. The van der Waals surface area contributed by atoms with Crippen LogP contribution in [-0.4, -0.2) is 5.91 Å². The number of amides is 1. The maximum absolute atomic E-state index is 11.5. The van der Waals surface area contributed by atoms with Crippen LogP contribution in [0.5, 0.6) is 0 Å². The van der Waals surface area contributed by atoms with E-state index in [0.29, 0.717) is 18.9 Å². The van der Waals surface area contributed by atoms with Crippen LogP contribution in [-0.2, 0) is 11.3 Å². The maximum Gasteiger partial charge on any atom is 0.220 e. The van der Waals surface area contributed by atoms with Gasteiger partial charge >= 0.3 is 0 Å². The number of benzene rings is 1. The summed E-state index contributed by atoms with van der Waals surface area (Å²) >= 11 is 5.77. The summed E-state index contributed by atoms with van der Waals surface area (Å²) in [6.45, 7) is 4.81. The Balaban J connectivity index is 2.29. The molecular weight excluding hydrogens is 222 g/mol. The Labute approximate surface area is 102 Å². The van der Waals surface area contributed by atoms with E-state index in [9.17, 15) is 4.79 Å². The highest BCUT2D eigenvalue weighted by Gasteiger charge is 2.02. The quantitative estimate of drug-likeness (QED) is 0.839. The minimum Gasteiger partial charge on any atom is -0.352 e. The van der Waals surface area contributed by atoms with Crippen molar-refractivity contribution < 1.29 is 4.79 Å². The standard InChI is InChI=1S/C13H18ClNO/c1-10(2)3-8-13(16)15-9-11-4-6-12(14)7-5-11/h4-7,10H,3,8-9H2,1-2H3,(H,15,16). The first-order valence-electron chi connectivity index (χ1n) is 5.59. The Morgan fingerprint density at radius 2 is 1.94 bits per heavy atom. The largest absolute Gasteiger partial charge is 0.352 e. The molecule has 0 radical (unpaired) electrons. The number of rotatable bonds is 5. The molecule has 0 atom stereocenters. The van der Waals surface area contributed by atoms with Crippen molar-refractivity contribution in [1.82, 2.24) is 5.32 Å². The molecule has 16 heavy (non-hydrogen) atoms. The van der Waals surface area contributed by atoms with Crippen LogP contribution < -0.4 is 5.32 Å². The lowest BCUT2D eigenvalue weighted by atomic mass is 10.1. The van der Waals surface area contributed by atoms with Gasteiger partial charge in [0, 0.05) is 18.0 Å². The molecule has 0 bridgehead atoms. The van der Waals surface area contributed by atoms with Gasteiger partial charge in [0.25, 0.3) is 0 Å². The van der Waals surface area contributed by atoms with Crippen LogP contribution in [0.15, 0.2) is 24.3 Å². The van der Waals surface area contributed by atoms with Crippen molar-refractivity contribution >= 4 is 17.5 Å². The lowest BCUT2D eigenvalue weighted by Gasteiger charge is -2.06. The first-order chi connectivity index (χ1) is 7.58. The summed E-state index contributed by atoms with van der Waals surface area (Å²) in [6.07, 6.45) is 1.54. The van der Waals surface area contributed by atoms with Crippen LogP contribution in [0, 0.1) is 5.92 Å². The zero-order chi connectivity index (χ0) is 12.0. The molecule has 88 valence electrons. The molecule has 0 fully saturated rings. The van der Waals surface area contributed by atoms with Gasteiger partial charge in [-0.05, 0) is 30.0 Å². The maximum atomic E-state index is 11.5. The van der Waals surface area contributed by atoms with E-state index in [4.69, 9.17) is 11.6 Å². The SMILES string of the molecule is CC(C)CCC(=O)NCc1ccc(Cl)cc1. The lowest BCUT2D eigenvalue weighted by Crippen LogP contribution is -2.22. The number of hydrogen-bond donors (Lipinski definition) is 1. The summed E-state index contributed by atoms with van der Waals surface area (Å²) in [7, 11) is 0. The van der Waals surface area contributed by atoms with Gasteiger partial charge in [0.15, 0.2) is 0 Å². The molecule has 1 N–H and O–H groups in total. The van der Waals surface area contributed by atoms with Gasteiger partial charge in [0.1, 0.15) is 0 Å². The molecule has 1 rings (SSSR count). The van der Waals surface area contributed by atoms with Gasteiger partial charge < -0.3 is 5.32 Å². The predicted molar refractivity (Wildman–Crippen MR) is 67.4 cm³/mol. The summed E-state index contributed by atoms with van der Waals surface area (Å²) in [5, 5.41) is 3.61. The number of carbonyl (C=O) groups excluding carboxylic acids is 1. The topological polar surface area (TPSA) is 29.1 Å². The van der Waals surface area contributed by atoms with Crippen LogP contribution >= 0.6 is 11.6 Å². The molecule has 1 aromatic rings. The van der Waals surface area contributed by atoms with E-state index in [1.807, 2.05) is 24.3 Å².